The fourth-order valence-electron chi connectivity index (χ4n) is 2.72. The van der Waals surface area contributed by atoms with Gasteiger partial charge in [0.15, 0.2) is 11.5 Å². The number of rotatable bonds is 9. The third-order valence-corrected chi connectivity index (χ3v) is 6.18. The average Bonchev–Trinajstić information content (AvgIpc) is 2.72. The average molecular weight is 407 g/mol. The first-order valence-corrected chi connectivity index (χ1v) is 10.3. The fraction of sp³-hybridized carbons (Fsp3) is 0.350. The maximum atomic E-state index is 12.7. The van der Waals surface area contributed by atoms with Crippen molar-refractivity contribution in [1.29, 1.82) is 0 Å². The highest BCUT2D eigenvalue weighted by Crippen LogP contribution is 2.28. The second kappa shape index (κ2) is 9.57. The maximum Gasteiger partial charge on any atom is 0.243 e. The van der Waals surface area contributed by atoms with Crippen LogP contribution in [0.15, 0.2) is 53.4 Å². The van der Waals surface area contributed by atoms with Crippen LogP contribution in [0.25, 0.3) is 0 Å². The molecule has 0 saturated carbocycles. The molecule has 2 rings (SSSR count). The topological polar surface area (TPSA) is 76.2 Å². The van der Waals surface area contributed by atoms with Gasteiger partial charge in [-0.3, -0.25) is 4.79 Å². The number of likely N-dealkylation sites (N-methyl/N-ethyl adjacent to an activating group) is 2. The molecule has 0 heterocycles. The fourth-order valence-corrected chi connectivity index (χ4v) is 3.86. The van der Waals surface area contributed by atoms with E-state index in [9.17, 15) is 13.2 Å². The van der Waals surface area contributed by atoms with E-state index in [2.05, 4.69) is 0 Å². The van der Waals surface area contributed by atoms with Crippen LogP contribution in [0.5, 0.6) is 11.5 Å². The number of hydrogen-bond donors (Lipinski definition) is 0. The molecule has 0 aliphatic rings. The Balaban J connectivity index is 2.11. The predicted molar refractivity (Wildman–Crippen MR) is 107 cm³/mol. The van der Waals surface area contributed by atoms with E-state index in [0.29, 0.717) is 24.6 Å². The molecule has 0 N–H and O–H groups in total. The van der Waals surface area contributed by atoms with E-state index in [4.69, 9.17) is 9.47 Å². The number of amides is 1. The van der Waals surface area contributed by atoms with Crippen molar-refractivity contribution in [2.24, 2.45) is 0 Å². The molecular weight excluding hydrogens is 380 g/mol. The normalized spacial score (nSPS) is 11.3. The number of carbonyl (C=O) groups excluding carboxylic acids is 1. The molecule has 2 aromatic rings. The molecule has 0 aliphatic heterocycles. The molecule has 0 atom stereocenters. The van der Waals surface area contributed by atoms with Crippen molar-refractivity contribution in [1.82, 2.24) is 9.21 Å². The van der Waals surface area contributed by atoms with Crippen LogP contribution in [0.2, 0.25) is 0 Å². The summed E-state index contributed by atoms with van der Waals surface area (Å²) >= 11 is 0. The van der Waals surface area contributed by atoms with Crippen molar-refractivity contribution in [3.63, 3.8) is 0 Å². The van der Waals surface area contributed by atoms with Gasteiger partial charge in [0.05, 0.1) is 25.7 Å². The van der Waals surface area contributed by atoms with Crippen LogP contribution in [0.1, 0.15) is 12.5 Å². The highest BCUT2D eigenvalue weighted by atomic mass is 32.2. The Morgan fingerprint density at radius 3 is 2.21 bits per heavy atom. The van der Waals surface area contributed by atoms with Gasteiger partial charge in [-0.1, -0.05) is 24.3 Å². The molecule has 152 valence electrons. The summed E-state index contributed by atoms with van der Waals surface area (Å²) in [6, 6.07) is 13.5. The van der Waals surface area contributed by atoms with Gasteiger partial charge in [-0.2, -0.15) is 4.31 Å². The Morgan fingerprint density at radius 2 is 1.64 bits per heavy atom. The van der Waals surface area contributed by atoms with E-state index in [0.717, 1.165) is 9.87 Å². The first kappa shape index (κ1) is 21.7. The predicted octanol–water partition coefficient (Wildman–Crippen LogP) is 2.37. The lowest BCUT2D eigenvalue weighted by Crippen LogP contribution is -2.40. The number of benzene rings is 2. The summed E-state index contributed by atoms with van der Waals surface area (Å²) in [6.07, 6.45) is 0. The van der Waals surface area contributed by atoms with Crippen LogP contribution in [-0.4, -0.2) is 57.9 Å². The summed E-state index contributed by atoms with van der Waals surface area (Å²) in [5.41, 5.74) is 0.862. The summed E-state index contributed by atoms with van der Waals surface area (Å²) in [5, 5.41) is 0. The van der Waals surface area contributed by atoms with Crippen LogP contribution >= 0.6 is 0 Å². The van der Waals surface area contributed by atoms with Gasteiger partial charge >= 0.3 is 0 Å². The van der Waals surface area contributed by atoms with Gasteiger partial charge in [-0.15, -0.1) is 0 Å². The van der Waals surface area contributed by atoms with Crippen LogP contribution in [0.4, 0.5) is 0 Å². The highest BCUT2D eigenvalue weighted by Gasteiger charge is 2.24. The Bertz CT molecular complexity index is 900. The summed E-state index contributed by atoms with van der Waals surface area (Å²) in [5.74, 6) is 0.904. The van der Waals surface area contributed by atoms with Crippen LogP contribution in [0.3, 0.4) is 0 Å². The quantitative estimate of drug-likeness (QED) is 0.639. The first-order chi connectivity index (χ1) is 13.3. The Kier molecular flexibility index (Phi) is 7.42. The SMILES string of the molecule is CCN(Cc1ccc(OC)c(OC)c1)C(=O)CN(C)S(=O)(=O)c1ccccc1. The summed E-state index contributed by atoms with van der Waals surface area (Å²) < 4.78 is 36.8. The van der Waals surface area contributed by atoms with Crippen molar-refractivity contribution in [3.8, 4) is 11.5 Å². The van der Waals surface area contributed by atoms with E-state index in [1.807, 2.05) is 13.0 Å². The van der Waals surface area contributed by atoms with Crippen LogP contribution < -0.4 is 9.47 Å². The molecule has 0 fully saturated rings. The van der Waals surface area contributed by atoms with Gasteiger partial charge < -0.3 is 14.4 Å². The highest BCUT2D eigenvalue weighted by molar-refractivity contribution is 7.89. The zero-order chi connectivity index (χ0) is 20.7. The minimum absolute atomic E-state index is 0.160. The lowest BCUT2D eigenvalue weighted by Gasteiger charge is -2.24. The zero-order valence-electron chi connectivity index (χ0n) is 16.6. The van der Waals surface area contributed by atoms with Crippen molar-refractivity contribution in [3.05, 3.63) is 54.1 Å². The van der Waals surface area contributed by atoms with Gasteiger partial charge in [0.1, 0.15) is 0 Å². The van der Waals surface area contributed by atoms with Gasteiger partial charge in [0.25, 0.3) is 0 Å². The number of ether oxygens (including phenoxy) is 2. The number of methoxy groups -OCH3 is 2. The second-order valence-corrected chi connectivity index (χ2v) is 8.22. The van der Waals surface area contributed by atoms with Crippen molar-refractivity contribution in [2.75, 3.05) is 34.4 Å². The molecule has 0 bridgehead atoms. The van der Waals surface area contributed by atoms with Crippen molar-refractivity contribution < 1.29 is 22.7 Å². The standard InChI is InChI=1S/C20H26N2O5S/c1-5-22(14-16-11-12-18(26-3)19(13-16)27-4)20(23)15-21(2)28(24,25)17-9-7-6-8-10-17/h6-13H,5,14-15H2,1-4H3. The van der Waals surface area contributed by atoms with E-state index >= 15 is 0 Å². The maximum absolute atomic E-state index is 12.7. The van der Waals surface area contributed by atoms with E-state index in [-0.39, 0.29) is 17.3 Å². The van der Waals surface area contributed by atoms with Gasteiger partial charge in [0, 0.05) is 20.1 Å². The third-order valence-electron chi connectivity index (χ3n) is 4.37. The molecule has 2 aromatic carbocycles. The van der Waals surface area contributed by atoms with Gasteiger partial charge in [-0.25, -0.2) is 8.42 Å². The second-order valence-electron chi connectivity index (χ2n) is 6.17. The number of hydrogen-bond acceptors (Lipinski definition) is 5. The Labute approximate surface area is 166 Å². The molecule has 1 amide bonds. The van der Waals surface area contributed by atoms with Crippen LogP contribution in [0, 0.1) is 0 Å². The van der Waals surface area contributed by atoms with E-state index < -0.39 is 10.0 Å². The lowest BCUT2D eigenvalue weighted by atomic mass is 10.2. The minimum Gasteiger partial charge on any atom is -0.493 e. The molecule has 0 unspecified atom stereocenters. The molecule has 8 heteroatoms. The summed E-state index contributed by atoms with van der Waals surface area (Å²) in [7, 11) is 0.796. The number of sulfonamides is 1. The number of carbonyl (C=O) groups is 1. The molecular formula is C20H26N2O5S. The zero-order valence-corrected chi connectivity index (χ0v) is 17.4. The molecule has 7 nitrogen and oxygen atoms in total. The molecule has 0 aliphatic carbocycles. The third kappa shape index (κ3) is 5.02. The lowest BCUT2D eigenvalue weighted by molar-refractivity contribution is -0.131. The summed E-state index contributed by atoms with van der Waals surface area (Å²) in [6.45, 7) is 2.41. The monoisotopic (exact) mass is 406 g/mol. The Morgan fingerprint density at radius 1 is 1.00 bits per heavy atom. The number of nitrogens with zero attached hydrogens (tertiary/aromatic N) is 2. The van der Waals surface area contributed by atoms with Gasteiger partial charge in [0.2, 0.25) is 15.9 Å². The minimum atomic E-state index is -3.72. The van der Waals surface area contributed by atoms with Crippen molar-refractivity contribution in [2.45, 2.75) is 18.4 Å². The first-order valence-electron chi connectivity index (χ1n) is 8.83. The van der Waals surface area contributed by atoms with E-state index in [1.54, 1.807) is 49.5 Å². The smallest absolute Gasteiger partial charge is 0.243 e. The van der Waals surface area contributed by atoms with Crippen molar-refractivity contribution >= 4 is 15.9 Å². The molecule has 0 saturated heterocycles. The molecule has 0 aromatic heterocycles. The van der Waals surface area contributed by atoms with Gasteiger partial charge in [-0.05, 0) is 36.8 Å². The summed E-state index contributed by atoms with van der Waals surface area (Å²) in [4.78, 5) is 14.5. The molecule has 28 heavy (non-hydrogen) atoms. The molecule has 0 radical (unpaired) electrons. The molecule has 0 spiro atoms. The Hall–Kier alpha value is -2.58. The largest absolute Gasteiger partial charge is 0.493 e. The van der Waals surface area contributed by atoms with Crippen LogP contribution in [-0.2, 0) is 21.4 Å². The van der Waals surface area contributed by atoms with E-state index in [1.165, 1.54) is 19.2 Å².